The number of ether oxygens (including phenoxy) is 1. The molecule has 1 aromatic carbocycles. The molecule has 1 aliphatic heterocycles. The van der Waals surface area contributed by atoms with E-state index >= 15 is 0 Å². The molecule has 2 aromatic heterocycles. The molecule has 0 spiro atoms. The van der Waals surface area contributed by atoms with E-state index < -0.39 is 5.97 Å². The van der Waals surface area contributed by atoms with Crippen LogP contribution in [-0.2, 0) is 17.8 Å². The van der Waals surface area contributed by atoms with Crippen molar-refractivity contribution in [1.82, 2.24) is 19.6 Å². The Kier molecular flexibility index (Phi) is 7.71. The first-order chi connectivity index (χ1) is 17.0. The molecular formula is C25H31N7O3. The molecule has 3 N–H and O–H groups in total. The van der Waals surface area contributed by atoms with Gasteiger partial charge in [0.25, 0.3) is 0 Å². The maximum atomic E-state index is 11.0. The average Bonchev–Trinajstić information content (AvgIpc) is 3.41. The Morgan fingerprint density at radius 2 is 2.20 bits per heavy atom. The molecule has 0 fully saturated rings. The van der Waals surface area contributed by atoms with Gasteiger partial charge in [0.05, 0.1) is 36.3 Å². The number of carbonyl (C=O) groups is 1. The number of aliphatic carboxylic acids is 1. The Hall–Kier alpha value is -3.79. The first kappa shape index (κ1) is 24.3. The number of rotatable bonds is 10. The molecule has 10 heteroatoms. The van der Waals surface area contributed by atoms with Crippen LogP contribution in [0.3, 0.4) is 0 Å². The molecule has 1 unspecified atom stereocenters. The Balaban J connectivity index is 1.56. The molecule has 0 bridgehead atoms. The van der Waals surface area contributed by atoms with Gasteiger partial charge in [-0.3, -0.25) is 4.79 Å². The third kappa shape index (κ3) is 5.83. The third-order valence-electron chi connectivity index (χ3n) is 5.86. The van der Waals surface area contributed by atoms with Gasteiger partial charge in [-0.2, -0.15) is 0 Å². The van der Waals surface area contributed by atoms with Gasteiger partial charge in [0.2, 0.25) is 0 Å². The molecule has 4 rings (SSSR count). The van der Waals surface area contributed by atoms with E-state index in [1.54, 1.807) is 6.21 Å². The normalized spacial score (nSPS) is 16.3. The molecule has 0 saturated carbocycles. The summed E-state index contributed by atoms with van der Waals surface area (Å²) in [6.45, 7) is 5.73. The highest BCUT2D eigenvalue weighted by Gasteiger charge is 2.24. The SMILES string of the molecule is CCc1cc(-n2nnc3c2C(C)CC(=Nc2cccc(OCCCN)c2)N=C3)cn1CCC(=O)O. The second-order valence-corrected chi connectivity index (χ2v) is 8.53. The van der Waals surface area contributed by atoms with Crippen molar-refractivity contribution in [3.05, 3.63) is 53.6 Å². The lowest BCUT2D eigenvalue weighted by atomic mass is 10.0. The topological polar surface area (TPSA) is 133 Å². The highest BCUT2D eigenvalue weighted by atomic mass is 16.5. The Morgan fingerprint density at radius 3 is 2.97 bits per heavy atom. The number of aliphatic imine (C=N–C) groups is 2. The maximum absolute atomic E-state index is 11.0. The first-order valence-corrected chi connectivity index (χ1v) is 11.9. The summed E-state index contributed by atoms with van der Waals surface area (Å²) in [7, 11) is 0. The highest BCUT2D eigenvalue weighted by Crippen LogP contribution is 2.29. The van der Waals surface area contributed by atoms with E-state index in [1.807, 2.05) is 45.8 Å². The molecule has 0 amide bonds. The van der Waals surface area contributed by atoms with Crippen LogP contribution < -0.4 is 10.5 Å². The van der Waals surface area contributed by atoms with Crippen molar-refractivity contribution in [3.63, 3.8) is 0 Å². The van der Waals surface area contributed by atoms with E-state index in [-0.39, 0.29) is 12.3 Å². The maximum Gasteiger partial charge on any atom is 0.305 e. The fourth-order valence-electron chi connectivity index (χ4n) is 4.12. The van der Waals surface area contributed by atoms with Crippen LogP contribution in [0.5, 0.6) is 5.75 Å². The molecule has 35 heavy (non-hydrogen) atoms. The second kappa shape index (κ2) is 11.1. The van der Waals surface area contributed by atoms with E-state index in [0.717, 1.165) is 41.4 Å². The van der Waals surface area contributed by atoms with E-state index in [0.29, 0.717) is 37.6 Å². The number of nitrogens with zero attached hydrogens (tertiary/aromatic N) is 6. The van der Waals surface area contributed by atoms with Crippen LogP contribution in [0.4, 0.5) is 5.69 Å². The highest BCUT2D eigenvalue weighted by molar-refractivity contribution is 5.97. The molecule has 3 aromatic rings. The summed E-state index contributed by atoms with van der Waals surface area (Å²) in [6, 6.07) is 9.67. The van der Waals surface area contributed by atoms with Crippen molar-refractivity contribution in [3.8, 4) is 11.4 Å². The minimum absolute atomic E-state index is 0.0673. The largest absolute Gasteiger partial charge is 0.493 e. The van der Waals surface area contributed by atoms with Gasteiger partial charge in [-0.25, -0.2) is 14.7 Å². The lowest BCUT2D eigenvalue weighted by Gasteiger charge is -2.11. The van der Waals surface area contributed by atoms with Crippen LogP contribution in [0, 0.1) is 0 Å². The van der Waals surface area contributed by atoms with Crippen molar-refractivity contribution in [1.29, 1.82) is 0 Å². The van der Waals surface area contributed by atoms with Gasteiger partial charge >= 0.3 is 5.97 Å². The van der Waals surface area contributed by atoms with E-state index in [2.05, 4.69) is 29.2 Å². The minimum Gasteiger partial charge on any atom is -0.493 e. The fourth-order valence-corrected chi connectivity index (χ4v) is 4.12. The number of carboxylic acids is 1. The van der Waals surface area contributed by atoms with Gasteiger partial charge in [0.15, 0.2) is 0 Å². The van der Waals surface area contributed by atoms with Crippen LogP contribution in [0.25, 0.3) is 5.69 Å². The van der Waals surface area contributed by atoms with Crippen LogP contribution in [0.2, 0.25) is 0 Å². The standard InChI is InChI=1S/C25H31N7O3/c1-3-19-14-20(16-31(19)10-8-24(33)34)32-25-17(2)12-23(27-15-22(25)29-30-32)28-18-6-4-7-21(13-18)35-11-5-9-26/h4,6-7,13-17H,3,5,8-12,26H2,1-2H3,(H,33,34). The molecule has 3 heterocycles. The van der Waals surface area contributed by atoms with Crippen LogP contribution in [0.1, 0.15) is 56.1 Å². The predicted octanol–water partition coefficient (Wildman–Crippen LogP) is 3.49. The van der Waals surface area contributed by atoms with Crippen LogP contribution in [0.15, 0.2) is 46.5 Å². The van der Waals surface area contributed by atoms with E-state index in [4.69, 9.17) is 20.6 Å². The smallest absolute Gasteiger partial charge is 0.305 e. The zero-order valence-corrected chi connectivity index (χ0v) is 20.1. The van der Waals surface area contributed by atoms with Gasteiger partial charge in [-0.1, -0.05) is 25.1 Å². The summed E-state index contributed by atoms with van der Waals surface area (Å²) >= 11 is 0. The molecule has 0 saturated heterocycles. The zero-order chi connectivity index (χ0) is 24.8. The number of benzene rings is 1. The quantitative estimate of drug-likeness (QED) is 0.430. The number of carboxylic acid groups (broad SMARTS) is 1. The first-order valence-electron chi connectivity index (χ1n) is 11.9. The van der Waals surface area contributed by atoms with Gasteiger partial charge in [0, 0.05) is 36.8 Å². The van der Waals surface area contributed by atoms with Crippen molar-refractivity contribution in [2.75, 3.05) is 13.2 Å². The zero-order valence-electron chi connectivity index (χ0n) is 20.1. The van der Waals surface area contributed by atoms with Gasteiger partial charge in [-0.05, 0) is 37.6 Å². The lowest BCUT2D eigenvalue weighted by Crippen LogP contribution is -2.08. The average molecular weight is 478 g/mol. The van der Waals surface area contributed by atoms with Gasteiger partial charge in [-0.15, -0.1) is 5.10 Å². The number of fused-ring (bicyclic) bond motifs is 1. The van der Waals surface area contributed by atoms with Crippen LogP contribution >= 0.6 is 0 Å². The summed E-state index contributed by atoms with van der Waals surface area (Å²) in [5, 5.41) is 17.8. The predicted molar refractivity (Wildman–Crippen MR) is 134 cm³/mol. The van der Waals surface area contributed by atoms with Crippen molar-refractivity contribution in [2.45, 2.75) is 52.0 Å². The Labute approximate surface area is 204 Å². The monoisotopic (exact) mass is 477 g/mol. The van der Waals surface area contributed by atoms with Crippen molar-refractivity contribution in [2.24, 2.45) is 15.7 Å². The Bertz CT molecular complexity index is 1240. The Morgan fingerprint density at radius 1 is 1.34 bits per heavy atom. The van der Waals surface area contributed by atoms with Crippen molar-refractivity contribution >= 4 is 23.7 Å². The molecule has 1 atom stereocenters. The fraction of sp³-hybridized carbons (Fsp3) is 0.400. The molecule has 0 radical (unpaired) electrons. The number of aromatic nitrogens is 4. The number of hydrogen-bond donors (Lipinski definition) is 2. The summed E-state index contributed by atoms with van der Waals surface area (Å²) < 4.78 is 9.54. The number of hydrogen-bond acceptors (Lipinski definition) is 6. The van der Waals surface area contributed by atoms with Gasteiger partial charge in [0.1, 0.15) is 17.3 Å². The molecule has 0 aliphatic carbocycles. The van der Waals surface area contributed by atoms with E-state index in [1.165, 1.54) is 0 Å². The van der Waals surface area contributed by atoms with Crippen molar-refractivity contribution < 1.29 is 14.6 Å². The lowest BCUT2D eigenvalue weighted by molar-refractivity contribution is -0.137. The molecule has 184 valence electrons. The second-order valence-electron chi connectivity index (χ2n) is 8.53. The molecular weight excluding hydrogens is 446 g/mol. The number of amidine groups is 1. The molecule has 10 nitrogen and oxygen atoms in total. The summed E-state index contributed by atoms with van der Waals surface area (Å²) in [6.07, 6.45) is 5.93. The summed E-state index contributed by atoms with van der Waals surface area (Å²) in [4.78, 5) is 20.4. The van der Waals surface area contributed by atoms with E-state index in [9.17, 15) is 4.79 Å². The molecule has 1 aliphatic rings. The summed E-state index contributed by atoms with van der Waals surface area (Å²) in [5.74, 6) is 0.707. The summed E-state index contributed by atoms with van der Waals surface area (Å²) in [5.41, 5.74) is 9.89. The number of aryl methyl sites for hydroxylation is 2. The van der Waals surface area contributed by atoms with Gasteiger partial charge < -0.3 is 20.1 Å². The third-order valence-corrected chi connectivity index (χ3v) is 5.86. The minimum atomic E-state index is -0.818. The number of nitrogens with two attached hydrogens (primary N) is 1. The van der Waals surface area contributed by atoms with Crippen LogP contribution in [-0.4, -0.2) is 55.8 Å².